The van der Waals surface area contributed by atoms with Crippen molar-refractivity contribution >= 4 is 17.8 Å². The van der Waals surface area contributed by atoms with Crippen LogP contribution in [0.5, 0.6) is 0 Å². The lowest BCUT2D eigenvalue weighted by atomic mass is 9.82. The van der Waals surface area contributed by atoms with E-state index in [9.17, 15) is 18.8 Å². The smallest absolute Gasteiger partial charge is 0.410 e. The van der Waals surface area contributed by atoms with Crippen LogP contribution < -0.4 is 0 Å². The molecule has 8 heteroatoms. The van der Waals surface area contributed by atoms with Gasteiger partial charge >= 0.3 is 6.09 Å². The molecule has 1 saturated carbocycles. The van der Waals surface area contributed by atoms with Crippen molar-refractivity contribution in [1.29, 1.82) is 0 Å². The Kier molecular flexibility index (Phi) is 10.6. The predicted molar refractivity (Wildman–Crippen MR) is 156 cm³/mol. The highest BCUT2D eigenvalue weighted by Gasteiger charge is 2.31. The Morgan fingerprint density at radius 1 is 0.878 bits per heavy atom. The molecule has 2 aromatic carbocycles. The van der Waals surface area contributed by atoms with Gasteiger partial charge in [0.1, 0.15) is 12.4 Å². The molecule has 2 aliphatic rings. The first kappa shape index (κ1) is 29.9. The number of ketones is 1. The van der Waals surface area contributed by atoms with Gasteiger partial charge in [-0.2, -0.15) is 0 Å². The molecule has 1 aromatic heterocycles. The molecule has 216 valence electrons. The first-order valence-corrected chi connectivity index (χ1v) is 14.3. The fraction of sp³-hybridized carbons (Fsp3) is 0.394. The lowest BCUT2D eigenvalue weighted by Crippen LogP contribution is -2.52. The number of amides is 2. The highest BCUT2D eigenvalue weighted by Crippen LogP contribution is 2.30. The number of Topliss-reactive ketones (excluding diaryl/α,β-unsaturated/α-hetero) is 1. The topological polar surface area (TPSA) is 79.8 Å². The number of halogens is 1. The Balaban J connectivity index is 0.000000208. The molecule has 7 nitrogen and oxygen atoms in total. The van der Waals surface area contributed by atoms with Crippen LogP contribution in [0, 0.1) is 17.7 Å². The van der Waals surface area contributed by atoms with Gasteiger partial charge in [0, 0.05) is 49.4 Å². The Bertz CT molecular complexity index is 1300. The van der Waals surface area contributed by atoms with Crippen LogP contribution in [0.1, 0.15) is 55.5 Å². The summed E-state index contributed by atoms with van der Waals surface area (Å²) in [5.41, 5.74) is 2.90. The lowest BCUT2D eigenvalue weighted by Gasteiger charge is -2.37. The third-order valence-corrected chi connectivity index (χ3v) is 7.71. The number of carbonyl (C=O) groups excluding carboxylic acids is 3. The quantitative estimate of drug-likeness (QED) is 0.339. The van der Waals surface area contributed by atoms with Crippen LogP contribution in [0.3, 0.4) is 0 Å². The van der Waals surface area contributed by atoms with E-state index in [1.54, 1.807) is 29.2 Å². The SMILES string of the molecule is CC(=O)c1ccc(-c2cccc(F)c2)nc1.CC1CCC(C(=O)N2CCN(C(=O)OCc3ccccc3)CC2)CC1. The van der Waals surface area contributed by atoms with Crippen LogP contribution in [0.15, 0.2) is 72.9 Å². The number of pyridine rings is 1. The van der Waals surface area contributed by atoms with Gasteiger partial charge < -0.3 is 14.5 Å². The predicted octanol–water partition coefficient (Wildman–Crippen LogP) is 6.38. The van der Waals surface area contributed by atoms with Crippen LogP contribution in [0.4, 0.5) is 9.18 Å². The Labute approximate surface area is 241 Å². The normalized spacial score (nSPS) is 18.6. The molecule has 0 radical (unpaired) electrons. The fourth-order valence-corrected chi connectivity index (χ4v) is 5.11. The number of hydrogen-bond acceptors (Lipinski definition) is 5. The van der Waals surface area contributed by atoms with Gasteiger partial charge in [-0.1, -0.05) is 49.4 Å². The number of ether oxygens (including phenoxy) is 1. The summed E-state index contributed by atoms with van der Waals surface area (Å²) in [6.07, 6.45) is 5.55. The van der Waals surface area contributed by atoms with E-state index in [-0.39, 0.29) is 29.5 Å². The van der Waals surface area contributed by atoms with E-state index >= 15 is 0 Å². The van der Waals surface area contributed by atoms with Crippen LogP contribution in [0.25, 0.3) is 11.3 Å². The molecule has 2 amide bonds. The van der Waals surface area contributed by atoms with Crippen molar-refractivity contribution in [3.63, 3.8) is 0 Å². The first-order chi connectivity index (χ1) is 19.8. The molecule has 2 heterocycles. The summed E-state index contributed by atoms with van der Waals surface area (Å²) < 4.78 is 18.4. The third-order valence-electron chi connectivity index (χ3n) is 7.71. The maximum atomic E-state index is 13.0. The largest absolute Gasteiger partial charge is 0.445 e. The van der Waals surface area contributed by atoms with Gasteiger partial charge in [-0.25, -0.2) is 9.18 Å². The van der Waals surface area contributed by atoms with E-state index in [1.807, 2.05) is 35.2 Å². The van der Waals surface area contributed by atoms with E-state index in [2.05, 4.69) is 11.9 Å². The van der Waals surface area contributed by atoms with Crippen molar-refractivity contribution < 1.29 is 23.5 Å². The van der Waals surface area contributed by atoms with Crippen molar-refractivity contribution in [2.24, 2.45) is 11.8 Å². The number of carbonyl (C=O) groups is 3. The molecule has 1 aliphatic carbocycles. The van der Waals surface area contributed by atoms with Gasteiger partial charge in [-0.3, -0.25) is 14.6 Å². The molecule has 0 spiro atoms. The van der Waals surface area contributed by atoms with Gasteiger partial charge in [0.2, 0.25) is 5.91 Å². The van der Waals surface area contributed by atoms with Gasteiger partial charge in [-0.15, -0.1) is 0 Å². The summed E-state index contributed by atoms with van der Waals surface area (Å²) >= 11 is 0. The summed E-state index contributed by atoms with van der Waals surface area (Å²) in [6, 6.07) is 19.3. The Hall–Kier alpha value is -4.07. The lowest BCUT2D eigenvalue weighted by molar-refractivity contribution is -0.138. The van der Waals surface area contributed by atoms with E-state index in [0.29, 0.717) is 49.6 Å². The monoisotopic (exact) mass is 559 g/mol. The second-order valence-electron chi connectivity index (χ2n) is 10.8. The highest BCUT2D eigenvalue weighted by atomic mass is 19.1. The minimum atomic E-state index is -0.296. The van der Waals surface area contributed by atoms with Crippen molar-refractivity contribution in [1.82, 2.24) is 14.8 Å². The zero-order chi connectivity index (χ0) is 29.2. The molecule has 0 bridgehead atoms. The molecular weight excluding hydrogens is 521 g/mol. The summed E-state index contributed by atoms with van der Waals surface area (Å²) in [6.45, 7) is 6.39. The zero-order valence-corrected chi connectivity index (χ0v) is 23.8. The van der Waals surface area contributed by atoms with Gasteiger partial charge in [0.15, 0.2) is 5.78 Å². The van der Waals surface area contributed by atoms with Crippen LogP contribution >= 0.6 is 0 Å². The molecule has 0 N–H and O–H groups in total. The Morgan fingerprint density at radius 2 is 1.56 bits per heavy atom. The zero-order valence-electron chi connectivity index (χ0n) is 23.8. The van der Waals surface area contributed by atoms with Crippen molar-refractivity contribution in [3.05, 3.63) is 89.9 Å². The number of piperazine rings is 1. The van der Waals surface area contributed by atoms with Crippen molar-refractivity contribution in [2.75, 3.05) is 26.2 Å². The molecule has 1 saturated heterocycles. The summed E-state index contributed by atoms with van der Waals surface area (Å²) in [4.78, 5) is 43.6. The number of rotatable bonds is 5. The molecular formula is C33H38FN3O4. The standard InChI is InChI=1S/C20H28N2O3.C13H10FNO/c1-16-7-9-18(10-8-16)19(23)21-11-13-22(14-12-21)20(24)25-15-17-5-3-2-4-6-17;1-9(16)11-5-6-13(15-8-11)10-3-2-4-12(14)7-10/h2-6,16,18H,7-15H2,1H3;2-8H,1H3. The summed E-state index contributed by atoms with van der Waals surface area (Å²) in [5.74, 6) is 0.894. The van der Waals surface area contributed by atoms with E-state index in [4.69, 9.17) is 4.74 Å². The minimum absolute atomic E-state index is 0.0294. The molecule has 41 heavy (non-hydrogen) atoms. The van der Waals surface area contributed by atoms with Crippen LogP contribution in [-0.2, 0) is 16.1 Å². The van der Waals surface area contributed by atoms with Crippen LogP contribution in [-0.4, -0.2) is 58.7 Å². The number of hydrogen-bond donors (Lipinski definition) is 0. The second kappa shape index (κ2) is 14.5. The third kappa shape index (κ3) is 8.71. The van der Waals surface area contributed by atoms with E-state index in [0.717, 1.165) is 37.2 Å². The Morgan fingerprint density at radius 3 is 2.17 bits per heavy atom. The summed E-state index contributed by atoms with van der Waals surface area (Å²) in [5, 5.41) is 0. The van der Waals surface area contributed by atoms with Crippen molar-refractivity contribution in [2.45, 2.75) is 46.1 Å². The molecule has 2 fully saturated rings. The molecule has 3 aromatic rings. The maximum absolute atomic E-state index is 13.0. The second-order valence-corrected chi connectivity index (χ2v) is 10.8. The highest BCUT2D eigenvalue weighted by molar-refractivity contribution is 5.93. The van der Waals surface area contributed by atoms with Gasteiger partial charge in [0.25, 0.3) is 0 Å². The number of aromatic nitrogens is 1. The van der Waals surface area contributed by atoms with E-state index in [1.165, 1.54) is 25.3 Å². The average molecular weight is 560 g/mol. The van der Waals surface area contributed by atoms with Gasteiger partial charge in [0.05, 0.1) is 5.69 Å². The molecule has 0 unspecified atom stereocenters. The van der Waals surface area contributed by atoms with Gasteiger partial charge in [-0.05, 0) is 68.4 Å². The van der Waals surface area contributed by atoms with E-state index < -0.39 is 0 Å². The van der Waals surface area contributed by atoms with Crippen molar-refractivity contribution in [3.8, 4) is 11.3 Å². The molecule has 1 aliphatic heterocycles. The molecule has 0 atom stereocenters. The average Bonchev–Trinajstić information content (AvgIpc) is 3.01. The minimum Gasteiger partial charge on any atom is -0.445 e. The summed E-state index contributed by atoms with van der Waals surface area (Å²) in [7, 11) is 0. The number of nitrogens with zero attached hydrogens (tertiary/aromatic N) is 3. The fourth-order valence-electron chi connectivity index (χ4n) is 5.11. The van der Waals surface area contributed by atoms with Crippen LogP contribution in [0.2, 0.25) is 0 Å². The molecule has 5 rings (SSSR count). The maximum Gasteiger partial charge on any atom is 0.410 e. The first-order valence-electron chi connectivity index (χ1n) is 14.3. The number of benzene rings is 2.